The molecule has 5 rings (SSSR count). The second-order valence-corrected chi connectivity index (χ2v) is 8.51. The van der Waals surface area contributed by atoms with E-state index in [0.717, 1.165) is 69.2 Å². The van der Waals surface area contributed by atoms with Crippen molar-refractivity contribution < 1.29 is 4.74 Å². The maximum Gasteiger partial charge on any atom is 0.222 e. The number of anilines is 3. The number of aromatic nitrogens is 4. The largest absolute Gasteiger partial charge is 0.497 e. The molecule has 5 aromatic rings. The van der Waals surface area contributed by atoms with Gasteiger partial charge in [-0.1, -0.05) is 0 Å². The maximum absolute atomic E-state index is 6.01. The molecule has 0 aliphatic carbocycles. The van der Waals surface area contributed by atoms with Crippen LogP contribution < -0.4 is 15.8 Å². The molecule has 0 radical (unpaired) electrons. The molecular weight excluding hydrogens is 412 g/mol. The van der Waals surface area contributed by atoms with Gasteiger partial charge in [0.15, 0.2) is 0 Å². The van der Waals surface area contributed by atoms with Crippen LogP contribution in [0.25, 0.3) is 21.8 Å². The van der Waals surface area contributed by atoms with Gasteiger partial charge < -0.3 is 25.8 Å². The molecule has 5 N–H and O–H groups in total. The normalized spacial score (nSPS) is 11.4. The summed E-state index contributed by atoms with van der Waals surface area (Å²) in [6.07, 6.45) is 1.63. The van der Waals surface area contributed by atoms with Crippen LogP contribution in [0.4, 0.5) is 17.5 Å². The van der Waals surface area contributed by atoms with E-state index < -0.39 is 0 Å². The quantitative estimate of drug-likeness (QED) is 0.280. The summed E-state index contributed by atoms with van der Waals surface area (Å²) in [4.78, 5) is 15.8. The van der Waals surface area contributed by atoms with Crippen LogP contribution in [-0.2, 0) is 12.8 Å². The SMILES string of the molecule is COc1ccc2[nH]c(C)c(CCc3c(C)nc(N)nc3Nc3ccc4[nH]c(C)cc4c3)c2c1. The van der Waals surface area contributed by atoms with Gasteiger partial charge in [0.25, 0.3) is 0 Å². The van der Waals surface area contributed by atoms with Crippen molar-refractivity contribution in [2.45, 2.75) is 33.6 Å². The van der Waals surface area contributed by atoms with E-state index in [2.05, 4.69) is 69.4 Å². The van der Waals surface area contributed by atoms with Crippen LogP contribution in [0.1, 0.15) is 28.2 Å². The summed E-state index contributed by atoms with van der Waals surface area (Å²) in [5, 5.41) is 5.82. The third-order valence-corrected chi connectivity index (χ3v) is 6.20. The van der Waals surface area contributed by atoms with Crippen molar-refractivity contribution in [3.05, 3.63) is 70.7 Å². The Morgan fingerprint density at radius 2 is 1.70 bits per heavy atom. The van der Waals surface area contributed by atoms with Crippen molar-refractivity contribution in [3.8, 4) is 5.75 Å². The monoisotopic (exact) mass is 440 g/mol. The number of aryl methyl sites for hydroxylation is 4. The maximum atomic E-state index is 6.01. The first-order valence-corrected chi connectivity index (χ1v) is 11.1. The van der Waals surface area contributed by atoms with Crippen LogP contribution in [0.3, 0.4) is 0 Å². The number of benzene rings is 2. The Hall–Kier alpha value is -4.00. The Bertz CT molecular complexity index is 1480. The van der Waals surface area contributed by atoms with Crippen LogP contribution in [0.2, 0.25) is 0 Å². The number of nitrogens with one attached hydrogen (secondary N) is 3. The number of hydrogen-bond acceptors (Lipinski definition) is 5. The van der Waals surface area contributed by atoms with E-state index in [1.165, 1.54) is 10.9 Å². The number of nitrogen functional groups attached to an aromatic ring is 1. The minimum atomic E-state index is 0.269. The second kappa shape index (κ2) is 8.16. The smallest absolute Gasteiger partial charge is 0.222 e. The molecule has 7 heteroatoms. The van der Waals surface area contributed by atoms with E-state index in [-0.39, 0.29) is 5.95 Å². The Morgan fingerprint density at radius 1 is 0.909 bits per heavy atom. The van der Waals surface area contributed by atoms with Crippen molar-refractivity contribution in [1.29, 1.82) is 0 Å². The number of methoxy groups -OCH3 is 1. The summed E-state index contributed by atoms with van der Waals surface area (Å²) >= 11 is 0. The summed E-state index contributed by atoms with van der Waals surface area (Å²) in [5.74, 6) is 1.87. The van der Waals surface area contributed by atoms with Crippen LogP contribution in [0, 0.1) is 20.8 Å². The third kappa shape index (κ3) is 3.98. The van der Waals surface area contributed by atoms with Gasteiger partial charge in [0.2, 0.25) is 5.95 Å². The molecule has 33 heavy (non-hydrogen) atoms. The molecule has 0 atom stereocenters. The van der Waals surface area contributed by atoms with Gasteiger partial charge in [-0.15, -0.1) is 0 Å². The zero-order chi connectivity index (χ0) is 23.1. The van der Waals surface area contributed by atoms with E-state index in [4.69, 9.17) is 10.5 Å². The molecule has 0 fully saturated rings. The Morgan fingerprint density at radius 3 is 2.52 bits per heavy atom. The highest BCUT2D eigenvalue weighted by Crippen LogP contribution is 2.30. The van der Waals surface area contributed by atoms with E-state index in [9.17, 15) is 0 Å². The van der Waals surface area contributed by atoms with Crippen LogP contribution in [0.5, 0.6) is 5.75 Å². The molecule has 3 aromatic heterocycles. The molecule has 2 aromatic carbocycles. The molecule has 7 nitrogen and oxygen atoms in total. The van der Waals surface area contributed by atoms with Crippen molar-refractivity contribution >= 4 is 39.3 Å². The van der Waals surface area contributed by atoms with Gasteiger partial charge in [0.05, 0.1) is 7.11 Å². The molecule has 0 saturated heterocycles. The first-order valence-electron chi connectivity index (χ1n) is 11.1. The molecule has 0 unspecified atom stereocenters. The average molecular weight is 441 g/mol. The number of fused-ring (bicyclic) bond motifs is 2. The Balaban J connectivity index is 1.47. The minimum Gasteiger partial charge on any atom is -0.497 e. The highest BCUT2D eigenvalue weighted by Gasteiger charge is 2.15. The van der Waals surface area contributed by atoms with Crippen LogP contribution in [-0.4, -0.2) is 27.0 Å². The lowest BCUT2D eigenvalue weighted by molar-refractivity contribution is 0.415. The molecule has 168 valence electrons. The molecule has 0 spiro atoms. The van der Waals surface area contributed by atoms with E-state index in [1.54, 1.807) is 7.11 Å². The Kier molecular flexibility index (Phi) is 5.17. The summed E-state index contributed by atoms with van der Waals surface area (Å²) in [6, 6.07) is 14.5. The van der Waals surface area contributed by atoms with Gasteiger partial charge in [-0.25, -0.2) is 4.98 Å². The molecule has 0 aliphatic heterocycles. The predicted octanol–water partition coefficient (Wildman–Crippen LogP) is 5.48. The number of H-pyrrole nitrogens is 2. The standard InChI is InChI=1S/C26H28N6O/c1-14-11-17-12-18(5-9-23(17)28-14)31-25-21(16(3)30-26(27)32-25)8-7-20-15(2)29-24-10-6-19(33-4)13-22(20)24/h5-6,9-13,28-29H,7-8H2,1-4H3,(H3,27,30,31,32). The molecule has 0 bridgehead atoms. The van der Waals surface area contributed by atoms with Gasteiger partial charge in [-0.2, -0.15) is 4.98 Å². The van der Waals surface area contributed by atoms with Gasteiger partial charge in [0, 0.05) is 50.1 Å². The van der Waals surface area contributed by atoms with E-state index in [0.29, 0.717) is 0 Å². The summed E-state index contributed by atoms with van der Waals surface area (Å²) in [5.41, 5.74) is 14.7. The van der Waals surface area contributed by atoms with Gasteiger partial charge in [-0.05, 0) is 81.6 Å². The van der Waals surface area contributed by atoms with Crippen molar-refractivity contribution in [3.63, 3.8) is 0 Å². The highest BCUT2D eigenvalue weighted by molar-refractivity contribution is 5.86. The lowest BCUT2D eigenvalue weighted by Crippen LogP contribution is -2.08. The molecule has 0 aliphatic rings. The number of aromatic amines is 2. The fraction of sp³-hybridized carbons (Fsp3) is 0.231. The number of nitrogens with two attached hydrogens (primary N) is 1. The molecular formula is C26H28N6O. The van der Waals surface area contributed by atoms with Crippen LogP contribution >= 0.6 is 0 Å². The van der Waals surface area contributed by atoms with Crippen molar-refractivity contribution in [1.82, 2.24) is 19.9 Å². The predicted molar refractivity (Wildman–Crippen MR) is 134 cm³/mol. The average Bonchev–Trinajstić information content (AvgIpc) is 3.30. The summed E-state index contributed by atoms with van der Waals surface area (Å²) in [6.45, 7) is 6.16. The van der Waals surface area contributed by atoms with Crippen LogP contribution in [0.15, 0.2) is 42.5 Å². The minimum absolute atomic E-state index is 0.269. The van der Waals surface area contributed by atoms with Crippen molar-refractivity contribution in [2.24, 2.45) is 0 Å². The van der Waals surface area contributed by atoms with Gasteiger partial charge in [0.1, 0.15) is 11.6 Å². The Labute approximate surface area is 192 Å². The molecule has 0 amide bonds. The zero-order valence-corrected chi connectivity index (χ0v) is 19.3. The summed E-state index contributed by atoms with van der Waals surface area (Å²) in [7, 11) is 1.69. The van der Waals surface area contributed by atoms with Gasteiger partial charge in [-0.3, -0.25) is 0 Å². The number of hydrogen-bond donors (Lipinski definition) is 4. The summed E-state index contributed by atoms with van der Waals surface area (Å²) < 4.78 is 5.44. The third-order valence-electron chi connectivity index (χ3n) is 6.20. The second-order valence-electron chi connectivity index (χ2n) is 8.51. The number of rotatable bonds is 6. The first-order chi connectivity index (χ1) is 15.9. The number of ether oxygens (including phenoxy) is 1. The molecule has 3 heterocycles. The highest BCUT2D eigenvalue weighted by atomic mass is 16.5. The topological polar surface area (TPSA) is 105 Å². The molecule has 0 saturated carbocycles. The first kappa shape index (κ1) is 20.9. The lowest BCUT2D eigenvalue weighted by Gasteiger charge is -2.14. The van der Waals surface area contributed by atoms with Crippen molar-refractivity contribution in [2.75, 3.05) is 18.2 Å². The van der Waals surface area contributed by atoms with E-state index >= 15 is 0 Å². The zero-order valence-electron chi connectivity index (χ0n) is 19.3. The fourth-order valence-electron chi connectivity index (χ4n) is 4.57. The lowest BCUT2D eigenvalue weighted by atomic mass is 10.0. The fourth-order valence-corrected chi connectivity index (χ4v) is 4.57. The number of nitrogens with zero attached hydrogens (tertiary/aromatic N) is 2. The van der Waals surface area contributed by atoms with E-state index in [1.807, 2.05) is 19.1 Å². The van der Waals surface area contributed by atoms with Gasteiger partial charge >= 0.3 is 0 Å².